The molecule has 71 heavy (non-hydrogen) atoms. The van der Waals surface area contributed by atoms with Gasteiger partial charge in [0, 0.05) is 19.3 Å². The minimum absolute atomic E-state index is 0.0787. The Bertz CT molecular complexity index is 1320. The van der Waals surface area contributed by atoms with E-state index in [9.17, 15) is 14.4 Å². The molecule has 0 bridgehead atoms. The molecule has 0 aliphatic rings. The van der Waals surface area contributed by atoms with Crippen molar-refractivity contribution in [3.8, 4) is 0 Å². The standard InChI is InChI=1S/C65H114O6/c1-4-7-10-13-16-19-22-25-26-27-28-29-30-31-32-33-34-35-36-37-38-39-40-41-44-46-49-52-55-58-64(67)70-61-62(71-65(68)59-56-53-50-47-43-24-21-18-15-12-9-6-3)60-69-63(66)57-54-51-48-45-42-23-20-17-14-11-8-5-2/h7,10,16-21,25-26,28-29,62H,4-6,8-9,11-15,22-24,27,30-61H2,1-3H3/b10-7-,19-16-,20-17-,21-18-,26-25-,29-28-. The fraction of sp³-hybridized carbons (Fsp3) is 0.769. The largest absolute Gasteiger partial charge is 0.462 e. The molecular formula is C65H114O6. The minimum atomic E-state index is -0.780. The summed E-state index contributed by atoms with van der Waals surface area (Å²) in [5.41, 5.74) is 0. The molecule has 6 nitrogen and oxygen atoms in total. The normalized spacial score (nSPS) is 12.5. The fourth-order valence-electron chi connectivity index (χ4n) is 8.60. The number of esters is 3. The summed E-state index contributed by atoms with van der Waals surface area (Å²) in [7, 11) is 0. The van der Waals surface area contributed by atoms with Gasteiger partial charge in [0.05, 0.1) is 0 Å². The summed E-state index contributed by atoms with van der Waals surface area (Å²) in [5, 5.41) is 0. The predicted molar refractivity (Wildman–Crippen MR) is 307 cm³/mol. The molecule has 0 rings (SSSR count). The first-order valence-electron chi connectivity index (χ1n) is 30.4. The quantitative estimate of drug-likeness (QED) is 0.0261. The first kappa shape index (κ1) is 67.8. The second-order valence-corrected chi connectivity index (χ2v) is 20.2. The van der Waals surface area contributed by atoms with Gasteiger partial charge in [0.25, 0.3) is 0 Å². The Labute approximate surface area is 440 Å². The molecule has 0 spiro atoms. The van der Waals surface area contributed by atoms with Gasteiger partial charge in [-0.2, -0.15) is 0 Å². The number of unbranched alkanes of at least 4 members (excludes halogenated alkanes) is 32. The van der Waals surface area contributed by atoms with E-state index in [1.165, 1.54) is 161 Å². The van der Waals surface area contributed by atoms with Crippen LogP contribution in [0.2, 0.25) is 0 Å². The topological polar surface area (TPSA) is 78.9 Å². The highest BCUT2D eigenvalue weighted by atomic mass is 16.6. The van der Waals surface area contributed by atoms with Crippen LogP contribution in [0.25, 0.3) is 0 Å². The summed E-state index contributed by atoms with van der Waals surface area (Å²) >= 11 is 0. The van der Waals surface area contributed by atoms with E-state index in [2.05, 4.69) is 93.7 Å². The molecule has 0 aliphatic heterocycles. The average molecular weight is 992 g/mol. The Balaban J connectivity index is 4.14. The highest BCUT2D eigenvalue weighted by Gasteiger charge is 2.19. The van der Waals surface area contributed by atoms with Crippen LogP contribution >= 0.6 is 0 Å². The fourth-order valence-corrected chi connectivity index (χ4v) is 8.60. The third kappa shape index (κ3) is 57.6. The Morgan fingerprint density at radius 1 is 0.296 bits per heavy atom. The number of carbonyl (C=O) groups is 3. The summed E-state index contributed by atoms with van der Waals surface area (Å²) in [6.45, 7) is 6.49. The molecule has 0 saturated carbocycles. The van der Waals surface area contributed by atoms with Gasteiger partial charge in [-0.3, -0.25) is 14.4 Å². The summed E-state index contributed by atoms with van der Waals surface area (Å²) in [6.07, 6.45) is 76.3. The molecule has 0 heterocycles. The Morgan fingerprint density at radius 3 is 0.873 bits per heavy atom. The Morgan fingerprint density at radius 2 is 0.549 bits per heavy atom. The van der Waals surface area contributed by atoms with Crippen molar-refractivity contribution < 1.29 is 28.6 Å². The van der Waals surface area contributed by atoms with Crippen molar-refractivity contribution in [1.29, 1.82) is 0 Å². The van der Waals surface area contributed by atoms with E-state index in [0.717, 1.165) is 103 Å². The maximum absolute atomic E-state index is 12.8. The lowest BCUT2D eigenvalue weighted by molar-refractivity contribution is -0.167. The highest BCUT2D eigenvalue weighted by Crippen LogP contribution is 2.16. The summed E-state index contributed by atoms with van der Waals surface area (Å²) in [5.74, 6) is -0.888. The number of rotatable bonds is 55. The summed E-state index contributed by atoms with van der Waals surface area (Å²) in [4.78, 5) is 38.1. The van der Waals surface area contributed by atoms with Crippen LogP contribution in [0.1, 0.15) is 303 Å². The van der Waals surface area contributed by atoms with Crippen LogP contribution in [0.3, 0.4) is 0 Å². The van der Waals surface area contributed by atoms with Gasteiger partial charge in [-0.15, -0.1) is 0 Å². The first-order chi connectivity index (χ1) is 35.0. The molecular weight excluding hydrogens is 877 g/mol. The van der Waals surface area contributed by atoms with Gasteiger partial charge < -0.3 is 14.2 Å². The molecule has 0 amide bonds. The predicted octanol–water partition coefficient (Wildman–Crippen LogP) is 20.5. The van der Waals surface area contributed by atoms with Gasteiger partial charge >= 0.3 is 17.9 Å². The number of allylic oxidation sites excluding steroid dienone is 12. The van der Waals surface area contributed by atoms with Gasteiger partial charge in [0.2, 0.25) is 0 Å². The third-order valence-electron chi connectivity index (χ3n) is 13.2. The van der Waals surface area contributed by atoms with E-state index < -0.39 is 6.10 Å². The van der Waals surface area contributed by atoms with Crippen LogP contribution in [0.5, 0.6) is 0 Å². The van der Waals surface area contributed by atoms with Crippen molar-refractivity contribution >= 4 is 17.9 Å². The van der Waals surface area contributed by atoms with Crippen LogP contribution in [0.4, 0.5) is 0 Å². The lowest BCUT2D eigenvalue weighted by Gasteiger charge is -2.18. The van der Waals surface area contributed by atoms with Crippen LogP contribution in [-0.4, -0.2) is 37.2 Å². The van der Waals surface area contributed by atoms with E-state index in [4.69, 9.17) is 14.2 Å². The van der Waals surface area contributed by atoms with Crippen LogP contribution in [-0.2, 0) is 28.6 Å². The molecule has 0 N–H and O–H groups in total. The van der Waals surface area contributed by atoms with Gasteiger partial charge in [0.1, 0.15) is 13.2 Å². The SMILES string of the molecule is CC/C=C\C/C=C\C/C=C\C/C=C\CCCCCCCCCCCCCCCCCCC(=O)OCC(COC(=O)CCCCCCC/C=C\CCCCC)OC(=O)CCCCCCC/C=C\CCCCC. The van der Waals surface area contributed by atoms with Crippen molar-refractivity contribution in [3.05, 3.63) is 72.9 Å². The van der Waals surface area contributed by atoms with Crippen molar-refractivity contribution in [2.75, 3.05) is 13.2 Å². The van der Waals surface area contributed by atoms with Crippen molar-refractivity contribution in [2.45, 2.75) is 309 Å². The maximum atomic E-state index is 12.8. The molecule has 1 atom stereocenters. The molecule has 0 aliphatic carbocycles. The molecule has 0 radical (unpaired) electrons. The molecule has 1 unspecified atom stereocenters. The summed E-state index contributed by atoms with van der Waals surface area (Å²) in [6, 6.07) is 0. The third-order valence-corrected chi connectivity index (χ3v) is 13.2. The highest BCUT2D eigenvalue weighted by molar-refractivity contribution is 5.71. The second kappa shape index (κ2) is 59.4. The van der Waals surface area contributed by atoms with Gasteiger partial charge in [0.15, 0.2) is 6.10 Å². The lowest BCUT2D eigenvalue weighted by atomic mass is 10.0. The number of hydrogen-bond donors (Lipinski definition) is 0. The number of hydrogen-bond acceptors (Lipinski definition) is 6. The zero-order valence-corrected chi connectivity index (χ0v) is 47.0. The Hall–Kier alpha value is -3.15. The van der Waals surface area contributed by atoms with Gasteiger partial charge in [-0.1, -0.05) is 248 Å². The van der Waals surface area contributed by atoms with Crippen LogP contribution in [0, 0.1) is 0 Å². The molecule has 0 saturated heterocycles. The zero-order valence-electron chi connectivity index (χ0n) is 47.0. The first-order valence-corrected chi connectivity index (χ1v) is 30.4. The molecule has 0 aromatic rings. The Kier molecular flexibility index (Phi) is 56.8. The molecule has 0 aromatic carbocycles. The number of carbonyl (C=O) groups excluding carboxylic acids is 3. The average Bonchev–Trinajstić information content (AvgIpc) is 3.37. The van der Waals surface area contributed by atoms with Crippen molar-refractivity contribution in [2.24, 2.45) is 0 Å². The van der Waals surface area contributed by atoms with Crippen molar-refractivity contribution in [1.82, 2.24) is 0 Å². The van der Waals surface area contributed by atoms with E-state index in [1.807, 2.05) is 0 Å². The van der Waals surface area contributed by atoms with Crippen LogP contribution < -0.4 is 0 Å². The second-order valence-electron chi connectivity index (χ2n) is 20.2. The van der Waals surface area contributed by atoms with E-state index in [1.54, 1.807) is 0 Å². The molecule has 410 valence electrons. The smallest absolute Gasteiger partial charge is 0.306 e. The van der Waals surface area contributed by atoms with Gasteiger partial charge in [-0.05, 0) is 109 Å². The molecule has 0 aromatic heterocycles. The monoisotopic (exact) mass is 991 g/mol. The van der Waals surface area contributed by atoms with E-state index >= 15 is 0 Å². The lowest BCUT2D eigenvalue weighted by Crippen LogP contribution is -2.30. The minimum Gasteiger partial charge on any atom is -0.462 e. The van der Waals surface area contributed by atoms with E-state index in [-0.39, 0.29) is 31.1 Å². The van der Waals surface area contributed by atoms with E-state index in [0.29, 0.717) is 19.3 Å². The number of ether oxygens (including phenoxy) is 3. The molecule has 6 heteroatoms. The summed E-state index contributed by atoms with van der Waals surface area (Å²) < 4.78 is 16.8. The zero-order chi connectivity index (χ0) is 51.4. The van der Waals surface area contributed by atoms with Gasteiger partial charge in [-0.25, -0.2) is 0 Å². The van der Waals surface area contributed by atoms with Crippen LogP contribution in [0.15, 0.2) is 72.9 Å². The molecule has 0 fully saturated rings. The van der Waals surface area contributed by atoms with Crippen molar-refractivity contribution in [3.63, 3.8) is 0 Å². The maximum Gasteiger partial charge on any atom is 0.306 e.